The number of benzene rings is 1. The molecule has 21 heavy (non-hydrogen) atoms. The fraction of sp³-hybridized carbons (Fsp3) is 0.500. The molecule has 2 rings (SSSR count). The van der Waals surface area contributed by atoms with Crippen molar-refractivity contribution < 1.29 is 13.2 Å². The van der Waals surface area contributed by atoms with E-state index in [9.17, 15) is 13.2 Å². The number of nitrogens with one attached hydrogen (secondary N) is 2. The molecular formula is C14H21N3O3S. The number of hydrogen-bond donors (Lipinski definition) is 3. The standard InChI is InChI=1S/C14H21N3O3S/c1-21(19,20)11-6-7-13(12(15)9-11)16-8-2-3-14(18)17-10-4-5-10/h6-7,9-10,16H,2-5,8,15H2,1H3,(H,17,18). The lowest BCUT2D eigenvalue weighted by Crippen LogP contribution is -2.25. The van der Waals surface area contributed by atoms with Crippen molar-refractivity contribution in [1.29, 1.82) is 0 Å². The third-order valence-electron chi connectivity index (χ3n) is 3.29. The summed E-state index contributed by atoms with van der Waals surface area (Å²) >= 11 is 0. The third kappa shape index (κ3) is 4.93. The van der Waals surface area contributed by atoms with Crippen molar-refractivity contribution in [2.24, 2.45) is 0 Å². The topological polar surface area (TPSA) is 101 Å². The summed E-state index contributed by atoms with van der Waals surface area (Å²) in [4.78, 5) is 11.7. The van der Waals surface area contributed by atoms with Crippen LogP contribution in [-0.2, 0) is 14.6 Å². The molecule has 1 amide bonds. The van der Waals surface area contributed by atoms with Crippen molar-refractivity contribution in [1.82, 2.24) is 5.32 Å². The summed E-state index contributed by atoms with van der Waals surface area (Å²) in [5.74, 6) is 0.0831. The minimum atomic E-state index is -3.24. The number of sulfone groups is 1. The highest BCUT2D eigenvalue weighted by Crippen LogP contribution is 2.22. The van der Waals surface area contributed by atoms with Crippen LogP contribution in [0.25, 0.3) is 0 Å². The van der Waals surface area contributed by atoms with Crippen LogP contribution in [0.4, 0.5) is 11.4 Å². The average Bonchev–Trinajstić information content (AvgIpc) is 3.18. The molecule has 7 heteroatoms. The molecule has 1 aromatic rings. The maximum Gasteiger partial charge on any atom is 0.220 e. The zero-order valence-corrected chi connectivity index (χ0v) is 12.9. The number of anilines is 2. The van der Waals surface area contributed by atoms with E-state index in [2.05, 4.69) is 10.6 Å². The fourth-order valence-corrected chi connectivity index (χ4v) is 2.59. The number of nitrogens with two attached hydrogens (primary N) is 1. The highest BCUT2D eigenvalue weighted by atomic mass is 32.2. The molecule has 116 valence electrons. The summed E-state index contributed by atoms with van der Waals surface area (Å²) in [7, 11) is -3.24. The maximum atomic E-state index is 11.5. The van der Waals surface area contributed by atoms with Crippen molar-refractivity contribution in [2.75, 3.05) is 23.9 Å². The largest absolute Gasteiger partial charge is 0.397 e. The van der Waals surface area contributed by atoms with Gasteiger partial charge in [-0.3, -0.25) is 4.79 Å². The Labute approximate surface area is 125 Å². The normalized spacial score (nSPS) is 14.7. The Morgan fingerprint density at radius 3 is 2.67 bits per heavy atom. The van der Waals surface area contributed by atoms with Gasteiger partial charge in [0.2, 0.25) is 5.91 Å². The van der Waals surface area contributed by atoms with E-state index in [1.54, 1.807) is 6.07 Å². The Morgan fingerprint density at radius 1 is 1.38 bits per heavy atom. The smallest absolute Gasteiger partial charge is 0.220 e. The van der Waals surface area contributed by atoms with E-state index < -0.39 is 9.84 Å². The van der Waals surface area contributed by atoms with Crippen LogP contribution in [0.15, 0.2) is 23.1 Å². The minimum absolute atomic E-state index is 0.0831. The Balaban J connectivity index is 1.79. The number of carbonyl (C=O) groups excluding carboxylic acids is 1. The second-order valence-electron chi connectivity index (χ2n) is 5.39. The van der Waals surface area contributed by atoms with Crippen molar-refractivity contribution in [3.05, 3.63) is 18.2 Å². The average molecular weight is 311 g/mol. The Kier molecular flexibility index (Phi) is 4.72. The lowest BCUT2D eigenvalue weighted by molar-refractivity contribution is -0.121. The fourth-order valence-electron chi connectivity index (χ4n) is 1.93. The van der Waals surface area contributed by atoms with Gasteiger partial charge in [0.05, 0.1) is 16.3 Å². The summed E-state index contributed by atoms with van der Waals surface area (Å²) < 4.78 is 22.8. The summed E-state index contributed by atoms with van der Waals surface area (Å²) in [6, 6.07) is 5.01. The maximum absolute atomic E-state index is 11.5. The summed E-state index contributed by atoms with van der Waals surface area (Å²) in [5.41, 5.74) is 6.90. The van der Waals surface area contributed by atoms with Gasteiger partial charge in [-0.15, -0.1) is 0 Å². The monoisotopic (exact) mass is 311 g/mol. The molecule has 1 aromatic carbocycles. The molecule has 4 N–H and O–H groups in total. The number of rotatable bonds is 7. The van der Waals surface area contributed by atoms with Gasteiger partial charge in [-0.2, -0.15) is 0 Å². The van der Waals surface area contributed by atoms with Gasteiger partial charge in [0.15, 0.2) is 9.84 Å². The number of nitrogen functional groups attached to an aromatic ring is 1. The Hall–Kier alpha value is -1.76. The Morgan fingerprint density at radius 2 is 2.10 bits per heavy atom. The van der Waals surface area contributed by atoms with Gasteiger partial charge < -0.3 is 16.4 Å². The van der Waals surface area contributed by atoms with Crippen LogP contribution in [0.5, 0.6) is 0 Å². The van der Waals surface area contributed by atoms with Crippen molar-refractivity contribution in [3.8, 4) is 0 Å². The van der Waals surface area contributed by atoms with E-state index in [0.717, 1.165) is 19.1 Å². The number of hydrogen-bond acceptors (Lipinski definition) is 5. The van der Waals surface area contributed by atoms with Crippen LogP contribution in [0.3, 0.4) is 0 Å². The van der Waals surface area contributed by atoms with Gasteiger partial charge in [0.25, 0.3) is 0 Å². The van der Waals surface area contributed by atoms with E-state index in [0.29, 0.717) is 36.8 Å². The molecule has 6 nitrogen and oxygen atoms in total. The molecule has 0 radical (unpaired) electrons. The molecule has 0 heterocycles. The van der Waals surface area contributed by atoms with E-state index in [1.807, 2.05) is 0 Å². The summed E-state index contributed by atoms with van der Waals surface area (Å²) in [6.45, 7) is 0.612. The molecule has 0 unspecified atom stereocenters. The third-order valence-corrected chi connectivity index (χ3v) is 4.40. The van der Waals surface area contributed by atoms with Crippen LogP contribution in [0.1, 0.15) is 25.7 Å². The molecule has 0 atom stereocenters. The molecule has 0 bridgehead atoms. The molecule has 0 saturated heterocycles. The second kappa shape index (κ2) is 6.34. The van der Waals surface area contributed by atoms with E-state index in [-0.39, 0.29) is 10.8 Å². The van der Waals surface area contributed by atoms with Crippen LogP contribution >= 0.6 is 0 Å². The van der Waals surface area contributed by atoms with Gasteiger partial charge in [-0.25, -0.2) is 8.42 Å². The summed E-state index contributed by atoms with van der Waals surface area (Å²) in [5, 5.41) is 6.05. The first kappa shape index (κ1) is 15.6. The van der Waals surface area contributed by atoms with Crippen molar-refractivity contribution in [3.63, 3.8) is 0 Å². The lowest BCUT2D eigenvalue weighted by atomic mass is 10.2. The van der Waals surface area contributed by atoms with E-state index in [1.165, 1.54) is 12.1 Å². The molecule has 0 spiro atoms. The Bertz CT molecular complexity index is 624. The number of amides is 1. The first-order valence-electron chi connectivity index (χ1n) is 6.99. The van der Waals surface area contributed by atoms with Gasteiger partial charge >= 0.3 is 0 Å². The van der Waals surface area contributed by atoms with Crippen LogP contribution in [-0.4, -0.2) is 33.2 Å². The van der Waals surface area contributed by atoms with Crippen LogP contribution in [0, 0.1) is 0 Å². The van der Waals surface area contributed by atoms with E-state index in [4.69, 9.17) is 5.73 Å². The first-order valence-corrected chi connectivity index (χ1v) is 8.88. The quantitative estimate of drug-likeness (QED) is 0.518. The van der Waals surface area contributed by atoms with Gasteiger partial charge in [-0.05, 0) is 37.5 Å². The van der Waals surface area contributed by atoms with Crippen molar-refractivity contribution in [2.45, 2.75) is 36.6 Å². The molecule has 1 aliphatic carbocycles. The molecule has 1 fully saturated rings. The zero-order chi connectivity index (χ0) is 15.5. The highest BCUT2D eigenvalue weighted by molar-refractivity contribution is 7.90. The first-order chi connectivity index (χ1) is 9.86. The zero-order valence-electron chi connectivity index (χ0n) is 12.1. The van der Waals surface area contributed by atoms with Gasteiger partial charge in [0, 0.05) is 25.3 Å². The molecule has 1 saturated carbocycles. The molecular weight excluding hydrogens is 290 g/mol. The van der Waals surface area contributed by atoms with Crippen LogP contribution in [0.2, 0.25) is 0 Å². The highest BCUT2D eigenvalue weighted by Gasteiger charge is 2.22. The number of carbonyl (C=O) groups is 1. The molecule has 0 aliphatic heterocycles. The molecule has 1 aliphatic rings. The second-order valence-corrected chi connectivity index (χ2v) is 7.41. The van der Waals surface area contributed by atoms with Gasteiger partial charge in [0.1, 0.15) is 0 Å². The minimum Gasteiger partial charge on any atom is -0.397 e. The predicted molar refractivity (Wildman–Crippen MR) is 82.9 cm³/mol. The lowest BCUT2D eigenvalue weighted by Gasteiger charge is -2.10. The predicted octanol–water partition coefficient (Wildman–Crippen LogP) is 1.14. The van der Waals surface area contributed by atoms with Gasteiger partial charge in [-0.1, -0.05) is 0 Å². The SMILES string of the molecule is CS(=O)(=O)c1ccc(NCCCC(=O)NC2CC2)c(N)c1. The van der Waals surface area contributed by atoms with Crippen molar-refractivity contribution >= 4 is 27.1 Å². The van der Waals surface area contributed by atoms with Crippen LogP contribution < -0.4 is 16.4 Å². The summed E-state index contributed by atoms with van der Waals surface area (Å²) in [6.07, 6.45) is 4.50. The molecule has 0 aromatic heterocycles. The van der Waals surface area contributed by atoms with E-state index >= 15 is 0 Å².